The van der Waals surface area contributed by atoms with E-state index < -0.39 is 0 Å². The average Bonchev–Trinajstić information content (AvgIpc) is 3.26. The summed E-state index contributed by atoms with van der Waals surface area (Å²) in [7, 11) is 0. The van der Waals surface area contributed by atoms with E-state index >= 15 is 0 Å². The Balaban J connectivity index is 1.22. The fourth-order valence-corrected chi connectivity index (χ4v) is 10.2. The normalized spacial score (nSPS) is 54.0. The van der Waals surface area contributed by atoms with Gasteiger partial charge < -0.3 is 9.47 Å². The Morgan fingerprint density at radius 3 is 2.71 bits per heavy atom. The Hall–Kier alpha value is -0.870. The molecule has 0 aromatic carbocycles. The lowest BCUT2D eigenvalue weighted by Crippen LogP contribution is -2.57. The molecule has 2 unspecified atom stereocenters. The van der Waals surface area contributed by atoms with Gasteiger partial charge in [-0.2, -0.15) is 0 Å². The predicted molar refractivity (Wildman–Crippen MR) is 134 cm³/mol. The molecule has 6 rings (SSSR count). The third-order valence-electron chi connectivity index (χ3n) is 12.1. The molecule has 1 N–H and O–H groups in total. The second-order valence-electron chi connectivity index (χ2n) is 13.6. The van der Waals surface area contributed by atoms with Gasteiger partial charge >= 0.3 is 5.97 Å². The number of ether oxygens (including phenoxy) is 2. The molecule has 6 aliphatic rings. The molecule has 0 amide bonds. The average molecular weight is 470 g/mol. The highest BCUT2D eigenvalue weighted by atomic mass is 16.5. The van der Waals surface area contributed by atoms with Crippen LogP contribution in [0.1, 0.15) is 98.8 Å². The highest BCUT2D eigenvalue weighted by molar-refractivity contribution is 5.69. The van der Waals surface area contributed by atoms with Crippen molar-refractivity contribution >= 4 is 5.97 Å². The largest absolute Gasteiger partial charge is 0.462 e. The number of carbonyl (C=O) groups is 1. The number of rotatable bonds is 2. The maximum Gasteiger partial charge on any atom is 0.305 e. The van der Waals surface area contributed by atoms with Gasteiger partial charge in [0.25, 0.3) is 0 Å². The van der Waals surface area contributed by atoms with Crippen molar-refractivity contribution in [3.05, 3.63) is 11.6 Å². The SMILES string of the molecule is CCC(=O)O[C@H]1CC[C@@]2(C)C(=CC[C@@H]3C2CC[C@@]2(C)C3C[C@@H]3O[C@]4(CC[C@H](C)CN4)[C@@H](C)[C@@H]32)C1. The first kappa shape index (κ1) is 23.5. The van der Waals surface area contributed by atoms with Crippen molar-refractivity contribution in [1.82, 2.24) is 5.32 Å². The molecule has 0 aromatic heterocycles. The lowest BCUT2D eigenvalue weighted by molar-refractivity contribution is -0.151. The third kappa shape index (κ3) is 3.26. The molecule has 5 fully saturated rings. The fraction of sp³-hybridized carbons (Fsp3) is 0.900. The van der Waals surface area contributed by atoms with Gasteiger partial charge in [-0.15, -0.1) is 0 Å². The quantitative estimate of drug-likeness (QED) is 0.384. The summed E-state index contributed by atoms with van der Waals surface area (Å²) in [5.74, 6) is 4.39. The number of carbonyl (C=O) groups excluding carboxylic acids is 1. The van der Waals surface area contributed by atoms with Crippen molar-refractivity contribution in [2.24, 2.45) is 46.3 Å². The maximum atomic E-state index is 11.9. The van der Waals surface area contributed by atoms with Crippen LogP contribution in [-0.4, -0.2) is 30.4 Å². The minimum absolute atomic E-state index is 0.0392. The van der Waals surface area contributed by atoms with Crippen LogP contribution < -0.4 is 5.32 Å². The fourth-order valence-electron chi connectivity index (χ4n) is 10.2. The summed E-state index contributed by atoms with van der Waals surface area (Å²) in [6.07, 6.45) is 14.5. The molecular formula is C30H47NO3. The van der Waals surface area contributed by atoms with Crippen LogP contribution in [0.15, 0.2) is 11.6 Å². The van der Waals surface area contributed by atoms with Gasteiger partial charge in [-0.05, 0) is 91.8 Å². The van der Waals surface area contributed by atoms with Crippen molar-refractivity contribution in [2.45, 2.75) is 117 Å². The van der Waals surface area contributed by atoms with Gasteiger partial charge in [-0.25, -0.2) is 0 Å². The molecule has 2 heterocycles. The van der Waals surface area contributed by atoms with Crippen LogP contribution in [0.2, 0.25) is 0 Å². The third-order valence-corrected chi connectivity index (χ3v) is 12.1. The Bertz CT molecular complexity index is 859. The molecule has 1 spiro atoms. The maximum absolute atomic E-state index is 11.9. The van der Waals surface area contributed by atoms with Crippen LogP contribution in [0.3, 0.4) is 0 Å². The number of hydrogen-bond donors (Lipinski definition) is 1. The molecule has 0 aromatic rings. The van der Waals surface area contributed by atoms with Crippen molar-refractivity contribution in [1.29, 1.82) is 0 Å². The summed E-state index contributed by atoms with van der Waals surface area (Å²) in [4.78, 5) is 11.9. The Morgan fingerprint density at radius 2 is 1.97 bits per heavy atom. The van der Waals surface area contributed by atoms with Crippen molar-refractivity contribution < 1.29 is 14.3 Å². The van der Waals surface area contributed by atoms with Gasteiger partial charge in [0.15, 0.2) is 0 Å². The van der Waals surface area contributed by atoms with E-state index in [2.05, 4.69) is 39.1 Å². The number of fused-ring (bicyclic) bond motifs is 7. The summed E-state index contributed by atoms with van der Waals surface area (Å²) in [5.41, 5.74) is 2.24. The Morgan fingerprint density at radius 1 is 1.15 bits per heavy atom. The molecule has 0 bridgehead atoms. The number of nitrogens with one attached hydrogen (secondary N) is 1. The lowest BCUT2D eigenvalue weighted by Gasteiger charge is -2.58. The lowest BCUT2D eigenvalue weighted by atomic mass is 9.47. The van der Waals surface area contributed by atoms with Crippen LogP contribution in [0.5, 0.6) is 0 Å². The standard InChI is InChI=1S/C30H47NO3/c1-6-26(32)33-21-10-12-28(4)20(15-21)7-8-22-23(28)11-13-29(5)24(22)16-25-27(29)19(3)30(34-25)14-9-18(2)17-31-30/h7,18-19,21-25,27,31H,6,8-17H2,1-5H3/t18-,19-,21-,22+,23?,24?,25-,27-,28-,29-,30+/m0/s1. The van der Waals surface area contributed by atoms with E-state index in [9.17, 15) is 4.79 Å². The van der Waals surface area contributed by atoms with Crippen LogP contribution in [0, 0.1) is 46.3 Å². The molecular weight excluding hydrogens is 422 g/mol. The summed E-state index contributed by atoms with van der Waals surface area (Å²) >= 11 is 0. The molecule has 0 radical (unpaired) electrons. The van der Waals surface area contributed by atoms with Gasteiger partial charge in [0.1, 0.15) is 11.8 Å². The first-order valence-electron chi connectivity index (χ1n) is 14.5. The number of esters is 1. The second kappa shape index (κ2) is 8.07. The second-order valence-corrected chi connectivity index (χ2v) is 13.6. The first-order valence-corrected chi connectivity index (χ1v) is 14.5. The molecule has 190 valence electrons. The monoisotopic (exact) mass is 469 g/mol. The topological polar surface area (TPSA) is 47.6 Å². The number of hydrogen-bond acceptors (Lipinski definition) is 4. The molecule has 4 heteroatoms. The van der Waals surface area contributed by atoms with E-state index in [1.165, 1.54) is 44.9 Å². The van der Waals surface area contributed by atoms with Gasteiger partial charge in [0, 0.05) is 25.3 Å². The first-order chi connectivity index (χ1) is 16.2. The van der Waals surface area contributed by atoms with Crippen LogP contribution in [-0.2, 0) is 14.3 Å². The highest BCUT2D eigenvalue weighted by Crippen LogP contribution is 2.70. The van der Waals surface area contributed by atoms with E-state index in [1.807, 2.05) is 6.92 Å². The molecule has 4 nitrogen and oxygen atoms in total. The smallest absolute Gasteiger partial charge is 0.305 e. The van der Waals surface area contributed by atoms with Gasteiger partial charge in [-0.1, -0.05) is 46.3 Å². The van der Waals surface area contributed by atoms with Gasteiger partial charge in [-0.3, -0.25) is 10.1 Å². The minimum Gasteiger partial charge on any atom is -0.462 e. The highest BCUT2D eigenvalue weighted by Gasteiger charge is 2.68. The Labute approximate surface area is 207 Å². The van der Waals surface area contributed by atoms with E-state index in [0.717, 1.165) is 43.1 Å². The summed E-state index contributed by atoms with van der Waals surface area (Å²) < 4.78 is 12.8. The zero-order valence-electron chi connectivity index (χ0n) is 22.2. The van der Waals surface area contributed by atoms with E-state index in [0.29, 0.717) is 35.2 Å². The van der Waals surface area contributed by atoms with Crippen molar-refractivity contribution in [3.63, 3.8) is 0 Å². The molecule has 2 aliphatic heterocycles. The number of piperidine rings is 1. The Kier molecular flexibility index (Phi) is 5.58. The van der Waals surface area contributed by atoms with E-state index in [1.54, 1.807) is 5.57 Å². The molecule has 34 heavy (non-hydrogen) atoms. The van der Waals surface area contributed by atoms with E-state index in [-0.39, 0.29) is 17.8 Å². The molecule has 3 saturated carbocycles. The van der Waals surface area contributed by atoms with Gasteiger partial charge in [0.05, 0.1) is 6.10 Å². The molecule has 11 atom stereocenters. The zero-order chi connectivity index (χ0) is 23.9. The predicted octanol–water partition coefficient (Wildman–Crippen LogP) is 6.25. The van der Waals surface area contributed by atoms with Crippen molar-refractivity contribution in [3.8, 4) is 0 Å². The summed E-state index contributed by atoms with van der Waals surface area (Å²) in [6, 6.07) is 0. The molecule has 4 aliphatic carbocycles. The molecule has 2 saturated heterocycles. The van der Waals surface area contributed by atoms with Crippen LogP contribution in [0.25, 0.3) is 0 Å². The number of allylic oxidation sites excluding steroid dienone is 1. The van der Waals surface area contributed by atoms with Crippen LogP contribution in [0.4, 0.5) is 0 Å². The van der Waals surface area contributed by atoms with E-state index in [4.69, 9.17) is 9.47 Å². The zero-order valence-corrected chi connectivity index (χ0v) is 22.2. The summed E-state index contributed by atoms with van der Waals surface area (Å²) in [5, 5.41) is 3.89. The summed E-state index contributed by atoms with van der Waals surface area (Å²) in [6.45, 7) is 13.1. The minimum atomic E-state index is -0.0629. The van der Waals surface area contributed by atoms with Gasteiger partial charge in [0.2, 0.25) is 0 Å². The van der Waals surface area contributed by atoms with Crippen LogP contribution >= 0.6 is 0 Å². The van der Waals surface area contributed by atoms with Crippen molar-refractivity contribution in [2.75, 3.05) is 6.54 Å².